The highest BCUT2D eigenvalue weighted by molar-refractivity contribution is 6.11. The van der Waals surface area contributed by atoms with E-state index in [1.165, 1.54) is 392 Å². The number of rotatable bonds is 43. The lowest BCUT2D eigenvalue weighted by Gasteiger charge is -2.33. The fourth-order valence-electron chi connectivity index (χ4n) is 27.4. The summed E-state index contributed by atoms with van der Waals surface area (Å²) in [7, 11) is 0. The maximum atomic E-state index is 2.76. The van der Waals surface area contributed by atoms with E-state index < -0.39 is 0 Å². The predicted octanol–water partition coefficient (Wildman–Crippen LogP) is 40.9. The quantitative estimate of drug-likeness (QED) is 0.0344. The first-order valence-corrected chi connectivity index (χ1v) is 54.9. The molecule has 702 valence electrons. The Morgan fingerprint density at radius 3 is 0.737 bits per heavy atom. The monoisotopic (exact) mass is 1800 g/mol. The van der Waals surface area contributed by atoms with E-state index in [1.54, 1.807) is 33.4 Å². The molecular formula is C136H153N. The second-order valence-electron chi connectivity index (χ2n) is 44.5. The van der Waals surface area contributed by atoms with Crippen molar-refractivity contribution in [3.8, 4) is 111 Å². The molecule has 0 bridgehead atoms. The average molecular weight is 1800 g/mol. The van der Waals surface area contributed by atoms with Crippen molar-refractivity contribution < 1.29 is 0 Å². The van der Waals surface area contributed by atoms with Crippen LogP contribution in [-0.2, 0) is 32.5 Å². The van der Waals surface area contributed by atoms with Gasteiger partial charge in [-0.2, -0.15) is 0 Å². The Bertz CT molecular complexity index is 6390. The average Bonchev–Trinajstić information content (AvgIpc) is 1.52. The molecule has 0 spiro atoms. The zero-order chi connectivity index (χ0) is 94.2. The smallest absolute Gasteiger partial charge is 0.0543 e. The van der Waals surface area contributed by atoms with Gasteiger partial charge in [-0.3, -0.25) is 0 Å². The third kappa shape index (κ3) is 16.9. The van der Waals surface area contributed by atoms with Gasteiger partial charge in [-0.05, 0) is 301 Å². The van der Waals surface area contributed by atoms with Gasteiger partial charge in [0, 0.05) is 49.3 Å². The molecule has 0 fully saturated rings. The molecule has 14 aromatic rings. The minimum Gasteiger partial charge on any atom is -0.310 e. The summed E-state index contributed by atoms with van der Waals surface area (Å²) in [6.07, 6.45) is 46.3. The van der Waals surface area contributed by atoms with E-state index in [0.29, 0.717) is 0 Å². The van der Waals surface area contributed by atoms with Crippen molar-refractivity contribution in [3.05, 3.63) is 340 Å². The van der Waals surface area contributed by atoms with E-state index >= 15 is 0 Å². The van der Waals surface area contributed by atoms with E-state index in [1.807, 2.05) is 0 Å². The van der Waals surface area contributed by atoms with Gasteiger partial charge < -0.3 is 4.90 Å². The van der Waals surface area contributed by atoms with Crippen molar-refractivity contribution in [2.24, 2.45) is 0 Å². The Balaban J connectivity index is 0.649. The third-order valence-corrected chi connectivity index (χ3v) is 35.0. The normalized spacial score (nSPS) is 15.2. The van der Waals surface area contributed by atoms with Crippen LogP contribution in [0.25, 0.3) is 122 Å². The Morgan fingerprint density at radius 1 is 0.175 bits per heavy atom. The van der Waals surface area contributed by atoms with Crippen LogP contribution < -0.4 is 4.90 Å². The third-order valence-electron chi connectivity index (χ3n) is 35.0. The van der Waals surface area contributed by atoms with Crippen molar-refractivity contribution in [3.63, 3.8) is 0 Å². The van der Waals surface area contributed by atoms with E-state index in [-0.39, 0.29) is 32.5 Å². The lowest BCUT2D eigenvalue weighted by molar-refractivity contribution is 0.399. The number of anilines is 3. The molecule has 1 heteroatoms. The molecule has 0 unspecified atom stereocenters. The summed E-state index contributed by atoms with van der Waals surface area (Å²) < 4.78 is 0. The molecule has 0 N–H and O–H groups in total. The second kappa shape index (κ2) is 39.8. The summed E-state index contributed by atoms with van der Waals surface area (Å²) in [5, 5.41) is 2.59. The summed E-state index contributed by atoms with van der Waals surface area (Å²) in [6.45, 7) is 29.1. The zero-order valence-electron chi connectivity index (χ0n) is 85.4. The van der Waals surface area contributed by atoms with Crippen molar-refractivity contribution in [2.75, 3.05) is 4.90 Å². The molecule has 6 aliphatic carbocycles. The van der Waals surface area contributed by atoms with Gasteiger partial charge in [-0.1, -0.05) is 470 Å². The standard InChI is InChI=1S/C136H153N/c1-13-19-25-31-45-79-134(80-46-32-26-20-14-2)117-56-42-39-51-104(117)111-77-67-100(89-125(111)134)98-65-75-109-107-73-63-96(85-120(107)131(7,8)122(109)87-98)94-59-69-102(70-60-94)137(129-93-128-130(114-55-38-37-54-113(114)129)116-92-127-115(91-124(116)133(128,11)12)106-53-41-44-58-119(106)136(127,83-49-35-29-23-17-5)84-50-36-30-24-18-6)103-71-61-95(62-72-103)97-64-74-108-110-76-66-99(88-123(110)132(9,10)121(108)86-97)101-68-78-112-105-52-40-43-57-118(105)135(126(112)90-101,81-47-33-27-21-15-3)82-48-34-28-22-16-4/h37-44,51-78,85-93H,13-36,45-50,79-84H2,1-12H3. The Morgan fingerprint density at radius 2 is 0.409 bits per heavy atom. The first-order valence-electron chi connectivity index (χ1n) is 54.9. The number of benzene rings is 14. The number of nitrogens with zero attached hydrogens (tertiary/aromatic N) is 1. The van der Waals surface area contributed by atoms with Crippen LogP contribution in [0.4, 0.5) is 17.1 Å². The van der Waals surface area contributed by atoms with E-state index in [2.05, 4.69) is 361 Å². The highest BCUT2D eigenvalue weighted by Crippen LogP contribution is 2.64. The molecule has 1 nitrogen and oxygen atoms in total. The number of hydrogen-bond donors (Lipinski definition) is 0. The van der Waals surface area contributed by atoms with Crippen LogP contribution in [0.3, 0.4) is 0 Å². The van der Waals surface area contributed by atoms with E-state index in [9.17, 15) is 0 Å². The molecule has 0 atom stereocenters. The van der Waals surface area contributed by atoms with Crippen molar-refractivity contribution in [2.45, 2.75) is 347 Å². The largest absolute Gasteiger partial charge is 0.310 e. The predicted molar refractivity (Wildman–Crippen MR) is 592 cm³/mol. The van der Waals surface area contributed by atoms with Gasteiger partial charge in [0.2, 0.25) is 0 Å². The van der Waals surface area contributed by atoms with Crippen LogP contribution in [0.5, 0.6) is 0 Å². The minimum atomic E-state index is -0.299. The van der Waals surface area contributed by atoms with Gasteiger partial charge in [0.15, 0.2) is 0 Å². The zero-order valence-corrected chi connectivity index (χ0v) is 85.4. The molecule has 0 amide bonds. The molecular weight excluding hydrogens is 1650 g/mol. The molecule has 0 radical (unpaired) electrons. The number of hydrogen-bond acceptors (Lipinski definition) is 1. The molecule has 6 aliphatic rings. The highest BCUT2D eigenvalue weighted by atomic mass is 15.1. The van der Waals surface area contributed by atoms with Gasteiger partial charge in [-0.15, -0.1) is 0 Å². The molecule has 0 saturated carbocycles. The van der Waals surface area contributed by atoms with Gasteiger partial charge in [0.05, 0.1) is 5.69 Å². The number of unbranched alkanes of at least 4 members (excludes halogenated alkanes) is 24. The van der Waals surface area contributed by atoms with Gasteiger partial charge in [-0.25, -0.2) is 0 Å². The summed E-state index contributed by atoms with van der Waals surface area (Å²) >= 11 is 0. The highest BCUT2D eigenvalue weighted by Gasteiger charge is 2.49. The molecule has 0 aliphatic heterocycles. The van der Waals surface area contributed by atoms with Crippen molar-refractivity contribution in [1.29, 1.82) is 0 Å². The van der Waals surface area contributed by atoms with Gasteiger partial charge in [0.1, 0.15) is 0 Å². The van der Waals surface area contributed by atoms with Crippen LogP contribution in [0.15, 0.2) is 273 Å². The van der Waals surface area contributed by atoms with Gasteiger partial charge >= 0.3 is 0 Å². The van der Waals surface area contributed by atoms with Crippen molar-refractivity contribution in [1.82, 2.24) is 0 Å². The summed E-state index contributed by atoms with van der Waals surface area (Å²) in [5.74, 6) is 0. The first-order chi connectivity index (χ1) is 66.9. The Labute approximate surface area is 824 Å². The lowest BCUT2D eigenvalue weighted by Crippen LogP contribution is -2.25. The fraction of sp³-hybridized carbons (Fsp3) is 0.397. The lowest BCUT2D eigenvalue weighted by atomic mass is 9.70. The summed E-state index contributed by atoms with van der Waals surface area (Å²) in [6, 6.07) is 111. The van der Waals surface area contributed by atoms with Crippen molar-refractivity contribution >= 4 is 27.8 Å². The summed E-state index contributed by atoms with van der Waals surface area (Å²) in [5.41, 5.74) is 48.1. The summed E-state index contributed by atoms with van der Waals surface area (Å²) in [4.78, 5) is 2.61. The van der Waals surface area contributed by atoms with E-state index in [0.717, 1.165) is 11.4 Å². The van der Waals surface area contributed by atoms with Crippen LogP contribution >= 0.6 is 0 Å². The molecule has 20 rings (SSSR count). The molecule has 0 saturated heterocycles. The Kier molecular flexibility index (Phi) is 27.2. The van der Waals surface area contributed by atoms with Crippen LogP contribution in [0.1, 0.15) is 381 Å². The Hall–Kier alpha value is -10.9. The van der Waals surface area contributed by atoms with E-state index in [4.69, 9.17) is 0 Å². The molecule has 0 heterocycles. The van der Waals surface area contributed by atoms with Crippen LogP contribution in [-0.4, -0.2) is 0 Å². The molecule has 14 aromatic carbocycles. The second-order valence-corrected chi connectivity index (χ2v) is 44.5. The molecule has 137 heavy (non-hydrogen) atoms. The molecule has 0 aromatic heterocycles. The van der Waals surface area contributed by atoms with Crippen LogP contribution in [0, 0.1) is 0 Å². The number of fused-ring (bicyclic) bond motifs is 20. The van der Waals surface area contributed by atoms with Gasteiger partial charge in [0.25, 0.3) is 0 Å². The topological polar surface area (TPSA) is 3.24 Å². The first kappa shape index (κ1) is 93.8. The maximum Gasteiger partial charge on any atom is 0.0543 e. The maximum absolute atomic E-state index is 2.76. The fourth-order valence-corrected chi connectivity index (χ4v) is 27.4. The van der Waals surface area contributed by atoms with Crippen LogP contribution in [0.2, 0.25) is 0 Å². The SMILES string of the molecule is CCCCCCCC1(CCCCCCC)c2ccccc2-c2ccc(-c3ccc4c(c3)C(C)(C)c3cc(-c5ccc(N(c6ccc(-c7ccc8c(c7)C(C)(C)c7cc(-c9ccc%10c(c9)C(CCCCCCC)(CCCCCCC)c9ccccc9-%10)ccc7-8)cc6)c6cc7c(c8ccccc68)-c6cc8c(cc6C7(C)C)-c6ccccc6C8(CCCCCCC)CCCCCCC)cc5)ccc3-4)cc21. The minimum absolute atomic E-state index is 0.0216.